The molecular weight excluding hydrogens is 222 g/mol. The topological polar surface area (TPSA) is 77.2 Å². The van der Waals surface area contributed by atoms with Crippen molar-refractivity contribution in [2.75, 3.05) is 6.61 Å². The Labute approximate surface area is 97.8 Å². The first-order valence-electron chi connectivity index (χ1n) is 5.39. The quantitative estimate of drug-likeness (QED) is 0.869. The van der Waals surface area contributed by atoms with E-state index in [1.807, 2.05) is 13.8 Å². The smallest absolute Gasteiger partial charge is 0.341 e. The van der Waals surface area contributed by atoms with Crippen molar-refractivity contribution in [2.45, 2.75) is 20.4 Å². The Morgan fingerprint density at radius 3 is 2.88 bits per heavy atom. The van der Waals surface area contributed by atoms with Gasteiger partial charge in [-0.05, 0) is 13.8 Å². The minimum Gasteiger partial charge on any atom is -0.492 e. The summed E-state index contributed by atoms with van der Waals surface area (Å²) in [5, 5.41) is 13.9. The van der Waals surface area contributed by atoms with Crippen LogP contribution in [0, 0.1) is 0 Å². The largest absolute Gasteiger partial charge is 0.492 e. The van der Waals surface area contributed by atoms with Gasteiger partial charge in [-0.1, -0.05) is 0 Å². The molecule has 0 spiro atoms. The maximum Gasteiger partial charge on any atom is 0.341 e. The van der Waals surface area contributed by atoms with Crippen molar-refractivity contribution in [1.82, 2.24) is 14.8 Å². The summed E-state index contributed by atoms with van der Waals surface area (Å²) >= 11 is 0. The first-order chi connectivity index (χ1) is 8.17. The number of aromatic carboxylic acids is 1. The van der Waals surface area contributed by atoms with E-state index in [9.17, 15) is 4.79 Å². The van der Waals surface area contributed by atoms with Crippen LogP contribution in [0.15, 0.2) is 12.4 Å². The number of carboxylic acid groups (broad SMARTS) is 1. The van der Waals surface area contributed by atoms with Crippen LogP contribution in [0.1, 0.15) is 24.2 Å². The number of nitrogens with zero attached hydrogens (tertiary/aromatic N) is 3. The van der Waals surface area contributed by atoms with Crippen molar-refractivity contribution in [3.8, 4) is 5.75 Å². The number of carbonyl (C=O) groups is 1. The number of ether oxygens (including phenoxy) is 1. The molecule has 2 aromatic rings. The maximum atomic E-state index is 11.1. The lowest BCUT2D eigenvalue weighted by Gasteiger charge is -2.06. The van der Waals surface area contributed by atoms with Gasteiger partial charge < -0.3 is 9.84 Å². The molecule has 2 heterocycles. The van der Waals surface area contributed by atoms with Crippen molar-refractivity contribution < 1.29 is 14.6 Å². The van der Waals surface area contributed by atoms with E-state index in [0.29, 0.717) is 29.9 Å². The van der Waals surface area contributed by atoms with Crippen molar-refractivity contribution in [3.63, 3.8) is 0 Å². The lowest BCUT2D eigenvalue weighted by atomic mass is 10.2. The second-order valence-corrected chi connectivity index (χ2v) is 3.46. The van der Waals surface area contributed by atoms with Crippen LogP contribution in [-0.2, 0) is 6.54 Å². The Kier molecular flexibility index (Phi) is 2.95. The molecule has 0 radical (unpaired) electrons. The molecule has 2 aromatic heterocycles. The molecule has 0 aliphatic rings. The van der Waals surface area contributed by atoms with Gasteiger partial charge in [0.15, 0.2) is 5.65 Å². The molecule has 0 atom stereocenters. The van der Waals surface area contributed by atoms with Gasteiger partial charge in [0.05, 0.1) is 12.0 Å². The highest BCUT2D eigenvalue weighted by Gasteiger charge is 2.17. The van der Waals surface area contributed by atoms with Crippen molar-refractivity contribution >= 4 is 17.0 Å². The van der Waals surface area contributed by atoms with Crippen LogP contribution < -0.4 is 4.74 Å². The fourth-order valence-corrected chi connectivity index (χ4v) is 1.61. The Morgan fingerprint density at radius 2 is 2.29 bits per heavy atom. The molecule has 0 amide bonds. The van der Waals surface area contributed by atoms with Crippen molar-refractivity contribution in [1.29, 1.82) is 0 Å². The summed E-state index contributed by atoms with van der Waals surface area (Å²) in [7, 11) is 0. The minimum absolute atomic E-state index is 0.0648. The van der Waals surface area contributed by atoms with E-state index >= 15 is 0 Å². The molecule has 6 nitrogen and oxygen atoms in total. The molecule has 2 rings (SSSR count). The zero-order chi connectivity index (χ0) is 12.4. The number of aromatic nitrogens is 3. The van der Waals surface area contributed by atoms with E-state index in [1.165, 1.54) is 6.20 Å². The summed E-state index contributed by atoms with van der Waals surface area (Å²) in [5.41, 5.74) is 0.565. The molecule has 90 valence electrons. The molecule has 0 unspecified atom stereocenters. The molecule has 6 heteroatoms. The Bertz CT molecular complexity index is 562. The average Bonchev–Trinajstić information content (AvgIpc) is 2.72. The van der Waals surface area contributed by atoms with Gasteiger partial charge in [-0.25, -0.2) is 9.78 Å². The minimum atomic E-state index is -1.05. The fourth-order valence-electron chi connectivity index (χ4n) is 1.61. The van der Waals surface area contributed by atoms with Crippen LogP contribution in [0.2, 0.25) is 0 Å². The van der Waals surface area contributed by atoms with E-state index in [2.05, 4.69) is 10.1 Å². The van der Waals surface area contributed by atoms with Gasteiger partial charge in [0.25, 0.3) is 0 Å². The van der Waals surface area contributed by atoms with E-state index in [0.717, 1.165) is 0 Å². The number of pyridine rings is 1. The van der Waals surface area contributed by atoms with E-state index in [-0.39, 0.29) is 5.56 Å². The molecular formula is C11H13N3O3. The zero-order valence-electron chi connectivity index (χ0n) is 9.67. The first kappa shape index (κ1) is 11.4. The Hall–Kier alpha value is -2.11. The zero-order valence-corrected chi connectivity index (χ0v) is 9.67. The van der Waals surface area contributed by atoms with Gasteiger partial charge >= 0.3 is 5.97 Å². The van der Waals surface area contributed by atoms with Crippen LogP contribution in [0.5, 0.6) is 5.75 Å². The third kappa shape index (κ3) is 1.93. The summed E-state index contributed by atoms with van der Waals surface area (Å²) in [6, 6.07) is 0. The number of hydrogen-bond acceptors (Lipinski definition) is 4. The van der Waals surface area contributed by atoms with E-state index < -0.39 is 5.97 Å². The summed E-state index contributed by atoms with van der Waals surface area (Å²) < 4.78 is 7.10. The molecule has 0 saturated carbocycles. The Balaban J connectivity index is 2.68. The van der Waals surface area contributed by atoms with E-state index in [4.69, 9.17) is 9.84 Å². The molecule has 1 N–H and O–H groups in total. The summed E-state index contributed by atoms with van der Waals surface area (Å²) in [6.07, 6.45) is 3.03. The van der Waals surface area contributed by atoms with Gasteiger partial charge in [0.2, 0.25) is 0 Å². The highest BCUT2D eigenvalue weighted by atomic mass is 16.5. The van der Waals surface area contributed by atoms with Crippen LogP contribution in [0.3, 0.4) is 0 Å². The predicted molar refractivity (Wildman–Crippen MR) is 61.3 cm³/mol. The van der Waals surface area contributed by atoms with Crippen LogP contribution in [0.4, 0.5) is 0 Å². The molecule has 0 bridgehead atoms. The van der Waals surface area contributed by atoms with Gasteiger partial charge in [0, 0.05) is 18.9 Å². The second-order valence-electron chi connectivity index (χ2n) is 3.46. The average molecular weight is 235 g/mol. The lowest BCUT2D eigenvalue weighted by molar-refractivity contribution is 0.0692. The van der Waals surface area contributed by atoms with Crippen molar-refractivity contribution in [2.24, 2.45) is 0 Å². The molecule has 0 saturated heterocycles. The number of aryl methyl sites for hydroxylation is 1. The first-order valence-corrected chi connectivity index (χ1v) is 5.39. The molecule has 0 aliphatic carbocycles. The van der Waals surface area contributed by atoms with Gasteiger partial charge in [0.1, 0.15) is 11.3 Å². The van der Waals surface area contributed by atoms with Gasteiger partial charge in [-0.3, -0.25) is 4.68 Å². The SMILES string of the molecule is CCOc1c(C(=O)O)cnc2nn(CC)cc12. The summed E-state index contributed by atoms with van der Waals surface area (Å²) in [5.74, 6) is -0.711. The molecule has 0 aromatic carbocycles. The third-order valence-electron chi connectivity index (χ3n) is 2.39. The number of hydrogen-bond donors (Lipinski definition) is 1. The Morgan fingerprint density at radius 1 is 1.53 bits per heavy atom. The fraction of sp³-hybridized carbons (Fsp3) is 0.364. The summed E-state index contributed by atoms with van der Waals surface area (Å²) in [4.78, 5) is 15.1. The van der Waals surface area contributed by atoms with Crippen LogP contribution in [-0.4, -0.2) is 32.4 Å². The standard InChI is InChI=1S/C11H13N3O3/c1-3-14-6-8-9(17-4-2)7(11(15)16)5-12-10(8)13-14/h5-6H,3-4H2,1-2H3,(H,15,16). The molecule has 0 fully saturated rings. The van der Waals surface area contributed by atoms with Crippen LogP contribution >= 0.6 is 0 Å². The highest BCUT2D eigenvalue weighted by molar-refractivity contribution is 5.97. The molecule has 0 aliphatic heterocycles. The molecule has 17 heavy (non-hydrogen) atoms. The van der Waals surface area contributed by atoms with Crippen LogP contribution in [0.25, 0.3) is 11.0 Å². The number of fused-ring (bicyclic) bond motifs is 1. The monoisotopic (exact) mass is 235 g/mol. The number of carboxylic acids is 1. The summed E-state index contributed by atoms with van der Waals surface area (Å²) in [6.45, 7) is 4.85. The van der Waals surface area contributed by atoms with Gasteiger partial charge in [-0.15, -0.1) is 0 Å². The number of rotatable bonds is 4. The predicted octanol–water partition coefficient (Wildman–Crippen LogP) is 1.55. The van der Waals surface area contributed by atoms with Gasteiger partial charge in [-0.2, -0.15) is 5.10 Å². The highest BCUT2D eigenvalue weighted by Crippen LogP contribution is 2.27. The second kappa shape index (κ2) is 4.40. The third-order valence-corrected chi connectivity index (χ3v) is 2.39. The van der Waals surface area contributed by atoms with Crippen molar-refractivity contribution in [3.05, 3.63) is 18.0 Å². The van der Waals surface area contributed by atoms with E-state index in [1.54, 1.807) is 10.9 Å². The normalized spacial score (nSPS) is 10.7. The lowest BCUT2D eigenvalue weighted by Crippen LogP contribution is -2.04. The maximum absolute atomic E-state index is 11.1.